The summed E-state index contributed by atoms with van der Waals surface area (Å²) in [5, 5.41) is 24.2. The molecule has 1 aliphatic rings. The van der Waals surface area contributed by atoms with Crippen molar-refractivity contribution in [3.8, 4) is 5.75 Å². The maximum absolute atomic E-state index is 11.2. The molecule has 6 nitrogen and oxygen atoms in total. The molecule has 0 amide bonds. The standard InChI is InChI=1S/C14H21N3O3.2ClH/c1-2-3-13(16-8-6-15-7-9-16)12-10-11(18)4-5-14(12)17(19)20;;/h4-5,10,13,15,18H,2-3,6-9H2,1H3;2*1H/t13-;;/m1../s1. The minimum absolute atomic E-state index is 0. The van der Waals surface area contributed by atoms with Crippen LogP contribution in [-0.2, 0) is 0 Å². The van der Waals surface area contributed by atoms with Gasteiger partial charge in [-0.3, -0.25) is 15.0 Å². The van der Waals surface area contributed by atoms with Gasteiger partial charge < -0.3 is 10.4 Å². The molecule has 1 aromatic carbocycles. The van der Waals surface area contributed by atoms with E-state index in [0.29, 0.717) is 5.56 Å². The lowest BCUT2D eigenvalue weighted by atomic mass is 9.98. The maximum atomic E-state index is 11.2. The van der Waals surface area contributed by atoms with Crippen molar-refractivity contribution in [2.45, 2.75) is 25.8 Å². The van der Waals surface area contributed by atoms with E-state index >= 15 is 0 Å². The highest BCUT2D eigenvalue weighted by molar-refractivity contribution is 5.85. The van der Waals surface area contributed by atoms with Gasteiger partial charge in [0.15, 0.2) is 0 Å². The second-order valence-corrected chi connectivity index (χ2v) is 5.09. The van der Waals surface area contributed by atoms with Gasteiger partial charge in [0.1, 0.15) is 5.75 Å². The molecule has 8 heteroatoms. The summed E-state index contributed by atoms with van der Waals surface area (Å²) >= 11 is 0. The number of nitro groups is 1. The monoisotopic (exact) mass is 351 g/mol. The second-order valence-electron chi connectivity index (χ2n) is 5.09. The number of piperazine rings is 1. The molecule has 0 radical (unpaired) electrons. The molecule has 0 spiro atoms. The van der Waals surface area contributed by atoms with Gasteiger partial charge in [-0.05, 0) is 18.6 Å². The molecule has 2 N–H and O–H groups in total. The van der Waals surface area contributed by atoms with E-state index in [9.17, 15) is 15.2 Å². The van der Waals surface area contributed by atoms with Crippen LogP contribution >= 0.6 is 24.8 Å². The topological polar surface area (TPSA) is 78.6 Å². The van der Waals surface area contributed by atoms with E-state index in [1.807, 2.05) is 0 Å². The Morgan fingerprint density at radius 2 is 2.00 bits per heavy atom. The minimum Gasteiger partial charge on any atom is -0.508 e. The summed E-state index contributed by atoms with van der Waals surface area (Å²) in [6, 6.07) is 4.31. The number of phenolic OH excluding ortho intramolecular Hbond substituents is 1. The Hall–Kier alpha value is -1.08. The number of rotatable bonds is 5. The molecule has 0 aliphatic carbocycles. The SMILES string of the molecule is CCC[C@H](c1cc(O)ccc1[N+](=O)[O-])N1CCNCC1.Cl.Cl. The first kappa shape index (κ1) is 20.9. The quantitative estimate of drug-likeness (QED) is 0.629. The van der Waals surface area contributed by atoms with Crippen LogP contribution in [0, 0.1) is 10.1 Å². The molecule has 1 saturated heterocycles. The smallest absolute Gasteiger partial charge is 0.274 e. The van der Waals surface area contributed by atoms with Crippen molar-refractivity contribution < 1.29 is 10.0 Å². The van der Waals surface area contributed by atoms with Crippen molar-refractivity contribution in [3.05, 3.63) is 33.9 Å². The average Bonchev–Trinajstić information content (AvgIpc) is 2.45. The predicted octanol–water partition coefficient (Wildman–Crippen LogP) is 2.89. The van der Waals surface area contributed by atoms with Crippen molar-refractivity contribution in [1.82, 2.24) is 10.2 Å². The fraction of sp³-hybridized carbons (Fsp3) is 0.571. The molecule has 126 valence electrons. The third kappa shape index (κ3) is 4.98. The van der Waals surface area contributed by atoms with E-state index < -0.39 is 0 Å². The van der Waals surface area contributed by atoms with Crippen LogP contribution in [0.1, 0.15) is 31.4 Å². The van der Waals surface area contributed by atoms with Gasteiger partial charge in [-0.2, -0.15) is 0 Å². The zero-order valence-corrected chi connectivity index (χ0v) is 14.2. The first-order valence-electron chi connectivity index (χ1n) is 7.05. The summed E-state index contributed by atoms with van der Waals surface area (Å²) in [5.74, 6) is 0.0850. The molecule has 0 bridgehead atoms. The fourth-order valence-electron chi connectivity index (χ4n) is 2.78. The Morgan fingerprint density at radius 3 is 2.55 bits per heavy atom. The van der Waals surface area contributed by atoms with Crippen LogP contribution in [-0.4, -0.2) is 41.1 Å². The third-order valence-electron chi connectivity index (χ3n) is 3.72. The zero-order chi connectivity index (χ0) is 14.5. The van der Waals surface area contributed by atoms with Crippen molar-refractivity contribution in [1.29, 1.82) is 0 Å². The van der Waals surface area contributed by atoms with E-state index in [1.54, 1.807) is 6.07 Å². The number of benzene rings is 1. The van der Waals surface area contributed by atoms with Crippen LogP contribution in [0.3, 0.4) is 0 Å². The number of aromatic hydroxyl groups is 1. The third-order valence-corrected chi connectivity index (χ3v) is 3.72. The molecule has 0 aromatic heterocycles. The van der Waals surface area contributed by atoms with Gasteiger partial charge in [0.2, 0.25) is 0 Å². The van der Waals surface area contributed by atoms with Gasteiger partial charge >= 0.3 is 0 Å². The van der Waals surface area contributed by atoms with Crippen LogP contribution in [0.2, 0.25) is 0 Å². The fourth-order valence-corrected chi connectivity index (χ4v) is 2.78. The van der Waals surface area contributed by atoms with Gasteiger partial charge in [0, 0.05) is 38.3 Å². The summed E-state index contributed by atoms with van der Waals surface area (Å²) in [4.78, 5) is 13.1. The summed E-state index contributed by atoms with van der Waals surface area (Å²) in [7, 11) is 0. The molecule has 0 unspecified atom stereocenters. The Labute approximate surface area is 142 Å². The van der Waals surface area contributed by atoms with Crippen LogP contribution in [0.15, 0.2) is 18.2 Å². The largest absolute Gasteiger partial charge is 0.508 e. The summed E-state index contributed by atoms with van der Waals surface area (Å²) in [6.07, 6.45) is 1.80. The van der Waals surface area contributed by atoms with E-state index in [4.69, 9.17) is 0 Å². The van der Waals surface area contributed by atoms with E-state index in [2.05, 4.69) is 17.1 Å². The highest BCUT2D eigenvalue weighted by Crippen LogP contribution is 2.35. The lowest BCUT2D eigenvalue weighted by Gasteiger charge is -2.35. The summed E-state index contributed by atoms with van der Waals surface area (Å²) in [5.41, 5.74) is 0.721. The average molecular weight is 352 g/mol. The Bertz CT molecular complexity index is 482. The van der Waals surface area contributed by atoms with Crippen molar-refractivity contribution in [3.63, 3.8) is 0 Å². The molecule has 1 aromatic rings. The van der Waals surface area contributed by atoms with Crippen LogP contribution in [0.5, 0.6) is 5.75 Å². The van der Waals surface area contributed by atoms with Crippen LogP contribution < -0.4 is 5.32 Å². The number of hydrogen-bond donors (Lipinski definition) is 2. The van der Waals surface area contributed by atoms with Gasteiger partial charge in [0.25, 0.3) is 5.69 Å². The first-order chi connectivity index (χ1) is 9.63. The number of nitrogens with one attached hydrogen (secondary N) is 1. The molecular formula is C14H23Cl2N3O3. The molecular weight excluding hydrogens is 329 g/mol. The van der Waals surface area contributed by atoms with E-state index in [-0.39, 0.29) is 47.2 Å². The summed E-state index contributed by atoms with van der Waals surface area (Å²) < 4.78 is 0. The number of hydrogen-bond acceptors (Lipinski definition) is 5. The zero-order valence-electron chi connectivity index (χ0n) is 12.5. The highest BCUT2D eigenvalue weighted by atomic mass is 35.5. The molecule has 1 fully saturated rings. The Kier molecular flexibility index (Phi) is 9.36. The lowest BCUT2D eigenvalue weighted by Crippen LogP contribution is -2.45. The summed E-state index contributed by atoms with van der Waals surface area (Å²) in [6.45, 7) is 5.61. The van der Waals surface area contributed by atoms with Crippen molar-refractivity contribution in [2.75, 3.05) is 26.2 Å². The molecule has 1 atom stereocenters. The molecule has 0 saturated carbocycles. The van der Waals surface area contributed by atoms with Crippen LogP contribution in [0.25, 0.3) is 0 Å². The number of nitrogens with zero attached hydrogens (tertiary/aromatic N) is 2. The predicted molar refractivity (Wildman–Crippen MR) is 91.3 cm³/mol. The van der Waals surface area contributed by atoms with Crippen LogP contribution in [0.4, 0.5) is 5.69 Å². The molecule has 2 rings (SSSR count). The highest BCUT2D eigenvalue weighted by Gasteiger charge is 2.28. The van der Waals surface area contributed by atoms with Gasteiger partial charge in [-0.1, -0.05) is 13.3 Å². The van der Waals surface area contributed by atoms with Crippen molar-refractivity contribution in [2.24, 2.45) is 0 Å². The van der Waals surface area contributed by atoms with E-state index in [0.717, 1.165) is 39.0 Å². The number of phenols is 1. The molecule has 1 heterocycles. The van der Waals surface area contributed by atoms with Gasteiger partial charge in [0.05, 0.1) is 10.5 Å². The number of halogens is 2. The normalized spacial score (nSPS) is 16.2. The minimum atomic E-state index is -0.361. The lowest BCUT2D eigenvalue weighted by molar-refractivity contribution is -0.386. The first-order valence-corrected chi connectivity index (χ1v) is 7.05. The Balaban J connectivity index is 0.00000220. The molecule has 22 heavy (non-hydrogen) atoms. The second kappa shape index (κ2) is 9.84. The van der Waals surface area contributed by atoms with Gasteiger partial charge in [-0.15, -0.1) is 24.8 Å². The number of nitro benzene ring substituents is 1. The molecule has 1 aliphatic heterocycles. The maximum Gasteiger partial charge on any atom is 0.274 e. The van der Waals surface area contributed by atoms with Crippen molar-refractivity contribution >= 4 is 30.5 Å². The van der Waals surface area contributed by atoms with Gasteiger partial charge in [-0.25, -0.2) is 0 Å². The van der Waals surface area contributed by atoms with E-state index in [1.165, 1.54) is 12.1 Å². The Morgan fingerprint density at radius 1 is 1.36 bits per heavy atom.